The first-order chi connectivity index (χ1) is 17.2. The second-order valence-electron chi connectivity index (χ2n) is 10.8. The van der Waals surface area contributed by atoms with Gasteiger partial charge < -0.3 is 14.8 Å². The lowest BCUT2D eigenvalue weighted by Gasteiger charge is -2.23. The lowest BCUT2D eigenvalue weighted by molar-refractivity contribution is 0.112. The first-order valence-corrected chi connectivity index (χ1v) is 13.2. The Kier molecular flexibility index (Phi) is 8.99. The maximum absolute atomic E-state index is 13.2. The minimum absolute atomic E-state index is 0.00402. The molecule has 0 fully saturated rings. The topological polar surface area (TPSA) is 79.4 Å². The van der Waals surface area contributed by atoms with Crippen LogP contribution >= 0.6 is 0 Å². The number of aldehydes is 1. The number of aromatic amines is 1. The number of aromatic nitrogens is 1. The molecule has 0 saturated heterocycles. The first-order valence-electron chi connectivity index (χ1n) is 13.2. The molecule has 0 atom stereocenters. The number of phenols is 1. The molecule has 0 bridgehead atoms. The predicted molar refractivity (Wildman–Crippen MR) is 149 cm³/mol. The standard InChI is InChI=1S/C31H41NO4/c1-7-9-11-13-22-23(14-12-10-8-2)30(35)32-27-17-24(28(36-6)18-25(22)27)20-15-21(19-33)29(34)26(16-20)31(3,4)5/h15-19,34H,7-14H2,1-6H3,(H,32,35). The van der Waals surface area contributed by atoms with Crippen LogP contribution in [0.25, 0.3) is 22.0 Å². The third kappa shape index (κ3) is 5.83. The number of carbonyl (C=O) groups is 1. The van der Waals surface area contributed by atoms with E-state index in [4.69, 9.17) is 4.74 Å². The number of methoxy groups -OCH3 is 1. The predicted octanol–water partition coefficient (Wildman–Crippen LogP) is 7.48. The van der Waals surface area contributed by atoms with E-state index in [1.54, 1.807) is 13.2 Å². The molecule has 2 aromatic carbocycles. The number of nitrogens with one attached hydrogen (secondary N) is 1. The Labute approximate surface area is 214 Å². The van der Waals surface area contributed by atoms with Crippen LogP contribution in [-0.2, 0) is 18.3 Å². The molecular formula is C31H41NO4. The Balaban J connectivity index is 2.27. The zero-order chi connectivity index (χ0) is 26.5. The molecular weight excluding hydrogens is 450 g/mol. The number of pyridine rings is 1. The first kappa shape index (κ1) is 27.5. The molecule has 5 nitrogen and oxygen atoms in total. The van der Waals surface area contributed by atoms with Gasteiger partial charge in [0, 0.05) is 27.6 Å². The molecule has 0 unspecified atom stereocenters. The number of phenolic OH excluding ortho intramolecular Hbond substituents is 1. The van der Waals surface area contributed by atoms with Crippen LogP contribution in [0.1, 0.15) is 100 Å². The van der Waals surface area contributed by atoms with E-state index >= 15 is 0 Å². The summed E-state index contributed by atoms with van der Waals surface area (Å²) in [6.45, 7) is 10.3. The molecule has 0 radical (unpaired) electrons. The summed E-state index contributed by atoms with van der Waals surface area (Å²) in [6.07, 6.45) is 8.81. The van der Waals surface area contributed by atoms with E-state index in [1.165, 1.54) is 0 Å². The number of fused-ring (bicyclic) bond motifs is 1. The molecule has 0 amide bonds. The number of rotatable bonds is 11. The van der Waals surface area contributed by atoms with Gasteiger partial charge in [-0.3, -0.25) is 9.59 Å². The summed E-state index contributed by atoms with van der Waals surface area (Å²) >= 11 is 0. The minimum Gasteiger partial charge on any atom is -0.507 e. The highest BCUT2D eigenvalue weighted by molar-refractivity contribution is 5.92. The summed E-state index contributed by atoms with van der Waals surface area (Å²) in [5, 5.41) is 11.7. The Bertz CT molecular complexity index is 1280. The van der Waals surface area contributed by atoms with E-state index in [0.29, 0.717) is 17.6 Å². The normalized spacial score (nSPS) is 11.7. The van der Waals surface area contributed by atoms with Gasteiger partial charge in [0.1, 0.15) is 11.5 Å². The summed E-state index contributed by atoms with van der Waals surface area (Å²) in [7, 11) is 1.64. The highest BCUT2D eigenvalue weighted by atomic mass is 16.5. The summed E-state index contributed by atoms with van der Waals surface area (Å²) in [5.41, 5.74) is 4.85. The molecule has 194 valence electrons. The SMILES string of the molecule is CCCCCc1c(CCCCC)c2cc(OC)c(-c3cc(C=O)c(O)c(C(C)(C)C)c3)cc2[nH]c1=O. The van der Waals surface area contributed by atoms with Gasteiger partial charge in [0.05, 0.1) is 12.7 Å². The van der Waals surface area contributed by atoms with Gasteiger partial charge in [0.25, 0.3) is 5.56 Å². The van der Waals surface area contributed by atoms with E-state index in [9.17, 15) is 14.7 Å². The average Bonchev–Trinajstić information content (AvgIpc) is 2.84. The molecule has 3 aromatic rings. The highest BCUT2D eigenvalue weighted by Crippen LogP contribution is 2.41. The number of benzene rings is 2. The zero-order valence-electron chi connectivity index (χ0n) is 22.7. The molecule has 0 aliphatic heterocycles. The van der Waals surface area contributed by atoms with Crippen LogP contribution in [0.3, 0.4) is 0 Å². The number of hydrogen-bond donors (Lipinski definition) is 2. The lowest BCUT2D eigenvalue weighted by atomic mass is 9.83. The van der Waals surface area contributed by atoms with Crippen LogP contribution in [0.4, 0.5) is 0 Å². The Morgan fingerprint density at radius 2 is 1.58 bits per heavy atom. The van der Waals surface area contributed by atoms with Gasteiger partial charge in [-0.15, -0.1) is 0 Å². The average molecular weight is 492 g/mol. The second kappa shape index (κ2) is 11.8. The molecule has 36 heavy (non-hydrogen) atoms. The van der Waals surface area contributed by atoms with Crippen LogP contribution in [0, 0.1) is 0 Å². The van der Waals surface area contributed by atoms with Crippen molar-refractivity contribution in [1.29, 1.82) is 0 Å². The van der Waals surface area contributed by atoms with Gasteiger partial charge in [0.15, 0.2) is 6.29 Å². The second-order valence-corrected chi connectivity index (χ2v) is 10.8. The Hall–Kier alpha value is -3.08. The van der Waals surface area contributed by atoms with Crippen LogP contribution in [0.15, 0.2) is 29.1 Å². The fourth-order valence-corrected chi connectivity index (χ4v) is 4.95. The van der Waals surface area contributed by atoms with Crippen molar-refractivity contribution in [2.75, 3.05) is 7.11 Å². The van der Waals surface area contributed by atoms with Crippen molar-refractivity contribution >= 4 is 17.2 Å². The molecule has 0 aliphatic rings. The van der Waals surface area contributed by atoms with Gasteiger partial charge in [-0.25, -0.2) is 0 Å². The van der Waals surface area contributed by atoms with Crippen LogP contribution < -0.4 is 10.3 Å². The van der Waals surface area contributed by atoms with Crippen LogP contribution in [-0.4, -0.2) is 23.5 Å². The summed E-state index contributed by atoms with van der Waals surface area (Å²) in [4.78, 5) is 28.2. The summed E-state index contributed by atoms with van der Waals surface area (Å²) in [6, 6.07) is 7.56. The van der Waals surface area contributed by atoms with Gasteiger partial charge in [-0.1, -0.05) is 60.3 Å². The largest absolute Gasteiger partial charge is 0.507 e. The van der Waals surface area contributed by atoms with Crippen molar-refractivity contribution < 1.29 is 14.6 Å². The van der Waals surface area contributed by atoms with Gasteiger partial charge in [0.2, 0.25) is 0 Å². The van der Waals surface area contributed by atoms with Crippen molar-refractivity contribution in [1.82, 2.24) is 4.98 Å². The fraction of sp³-hybridized carbons (Fsp3) is 0.484. The maximum atomic E-state index is 13.2. The molecule has 0 saturated carbocycles. The number of ether oxygens (including phenoxy) is 1. The quantitative estimate of drug-likeness (QED) is 0.215. The van der Waals surface area contributed by atoms with E-state index in [2.05, 4.69) is 18.8 Å². The molecule has 0 aliphatic carbocycles. The molecule has 3 rings (SSSR count). The third-order valence-electron chi connectivity index (χ3n) is 7.00. The summed E-state index contributed by atoms with van der Waals surface area (Å²) in [5.74, 6) is 0.678. The number of aryl methyl sites for hydroxylation is 1. The smallest absolute Gasteiger partial charge is 0.251 e. The van der Waals surface area contributed by atoms with E-state index in [1.807, 2.05) is 39.0 Å². The molecule has 1 heterocycles. The summed E-state index contributed by atoms with van der Waals surface area (Å²) < 4.78 is 5.84. The van der Waals surface area contributed by atoms with Gasteiger partial charge >= 0.3 is 0 Å². The fourth-order valence-electron chi connectivity index (χ4n) is 4.95. The van der Waals surface area contributed by atoms with Crippen LogP contribution in [0.5, 0.6) is 11.5 Å². The lowest BCUT2D eigenvalue weighted by Crippen LogP contribution is -2.17. The van der Waals surface area contributed by atoms with Gasteiger partial charge in [-0.2, -0.15) is 0 Å². The van der Waals surface area contributed by atoms with Crippen molar-refractivity contribution in [3.63, 3.8) is 0 Å². The monoisotopic (exact) mass is 491 g/mol. The number of carbonyl (C=O) groups excluding carboxylic acids is 1. The number of hydrogen-bond acceptors (Lipinski definition) is 4. The van der Waals surface area contributed by atoms with E-state index < -0.39 is 0 Å². The highest BCUT2D eigenvalue weighted by Gasteiger charge is 2.23. The molecule has 2 N–H and O–H groups in total. The van der Waals surface area contributed by atoms with Crippen molar-refractivity contribution in [2.45, 2.75) is 91.4 Å². The molecule has 1 aromatic heterocycles. The van der Waals surface area contributed by atoms with Crippen molar-refractivity contribution in [2.24, 2.45) is 0 Å². The minimum atomic E-state index is -0.365. The zero-order valence-corrected chi connectivity index (χ0v) is 22.7. The van der Waals surface area contributed by atoms with Crippen molar-refractivity contribution in [3.05, 3.63) is 56.9 Å². The molecule has 5 heteroatoms. The van der Waals surface area contributed by atoms with E-state index in [-0.39, 0.29) is 22.3 Å². The third-order valence-corrected chi connectivity index (χ3v) is 7.00. The molecule has 0 spiro atoms. The Morgan fingerprint density at radius 3 is 2.14 bits per heavy atom. The Morgan fingerprint density at radius 1 is 0.944 bits per heavy atom. The number of aromatic hydroxyl groups is 1. The number of H-pyrrole nitrogens is 1. The number of unbranched alkanes of at least 4 members (excludes halogenated alkanes) is 4. The van der Waals surface area contributed by atoms with Crippen molar-refractivity contribution in [3.8, 4) is 22.6 Å². The van der Waals surface area contributed by atoms with E-state index in [0.717, 1.165) is 84.5 Å². The van der Waals surface area contributed by atoms with Crippen LogP contribution in [0.2, 0.25) is 0 Å². The van der Waals surface area contributed by atoms with Gasteiger partial charge in [-0.05, 0) is 66.5 Å². The maximum Gasteiger partial charge on any atom is 0.251 e.